The van der Waals surface area contributed by atoms with E-state index in [1.807, 2.05) is 24.3 Å². The van der Waals surface area contributed by atoms with Crippen molar-refractivity contribution >= 4 is 55.9 Å². The van der Waals surface area contributed by atoms with Crippen molar-refractivity contribution < 1.29 is 0 Å². The molecule has 1 aromatic heterocycles. The third kappa shape index (κ3) is 6.99. The minimum atomic E-state index is -0.594. The van der Waals surface area contributed by atoms with E-state index in [1.54, 1.807) is 0 Å². The first-order chi connectivity index (χ1) is 37.8. The molecule has 1 heterocycles. The summed E-state index contributed by atoms with van der Waals surface area (Å²) in [6, 6.07) is 98.1. The van der Waals surface area contributed by atoms with Crippen molar-refractivity contribution in [2.45, 2.75) is 24.7 Å². The van der Waals surface area contributed by atoms with E-state index in [9.17, 15) is 10.5 Å². The fourth-order valence-corrected chi connectivity index (χ4v) is 12.8. The standard InChI is InChI=1S/C72H49N5/c1-71(2)65-24-14-12-22-59(65)61-38-34-57(44-67(61)71)75(53-30-26-48(46-73)27-31-53)55-36-40-69-63(42-55)64-43-56(37-41-70(64)77(69)52-20-10-5-11-21-52)76(54-32-28-49(47-74)29-33-54)58-35-39-62-60-23-13-15-25-66(60)72(68(62)45-58,50-16-6-3-7-17-50)51-18-8-4-9-19-51/h3-45H,1-2H3. The Labute approximate surface area is 448 Å². The number of nitriles is 2. The van der Waals surface area contributed by atoms with Crippen LogP contribution in [0.1, 0.15) is 58.4 Å². The highest BCUT2D eigenvalue weighted by molar-refractivity contribution is 6.12. The van der Waals surface area contributed by atoms with Crippen LogP contribution in [0.3, 0.4) is 0 Å². The summed E-state index contributed by atoms with van der Waals surface area (Å²) < 4.78 is 2.37. The summed E-state index contributed by atoms with van der Waals surface area (Å²) in [5, 5.41) is 22.1. The van der Waals surface area contributed by atoms with Gasteiger partial charge in [-0.05, 0) is 177 Å². The third-order valence-corrected chi connectivity index (χ3v) is 16.3. The Hall–Kier alpha value is -10.2. The minimum Gasteiger partial charge on any atom is -0.310 e. The number of aromatic nitrogens is 1. The minimum absolute atomic E-state index is 0.198. The highest BCUT2D eigenvalue weighted by Gasteiger charge is 2.46. The van der Waals surface area contributed by atoms with Gasteiger partial charge in [0.2, 0.25) is 0 Å². The second-order valence-electron chi connectivity index (χ2n) is 20.7. The van der Waals surface area contributed by atoms with Crippen LogP contribution in [0.25, 0.3) is 49.7 Å². The zero-order valence-electron chi connectivity index (χ0n) is 42.6. The molecule has 362 valence electrons. The van der Waals surface area contributed by atoms with Crippen molar-refractivity contribution in [3.8, 4) is 40.1 Å². The smallest absolute Gasteiger partial charge is 0.0991 e. The van der Waals surface area contributed by atoms with Crippen LogP contribution in [0.4, 0.5) is 34.1 Å². The first-order valence-electron chi connectivity index (χ1n) is 26.2. The SMILES string of the molecule is CC1(C)c2ccccc2-c2ccc(N(c3ccc(C#N)cc3)c3ccc4c(c3)c3cc(N(c5ccc(C#N)cc5)c5ccc6c(c5)C(c5ccccc5)(c5ccccc5)c5ccccc5-6)ccc3n4-c3ccccc3)cc21. The molecule has 0 atom stereocenters. The lowest BCUT2D eigenvalue weighted by Crippen LogP contribution is -2.28. The molecule has 0 N–H and O–H groups in total. The number of para-hydroxylation sites is 1. The summed E-state index contributed by atoms with van der Waals surface area (Å²) in [5.41, 5.74) is 22.0. The molecular formula is C72H49N5. The average Bonchev–Trinajstić information content (AvgIpc) is 4.14. The molecule has 0 saturated heterocycles. The molecule has 12 aromatic rings. The van der Waals surface area contributed by atoms with Crippen LogP contribution in [0.2, 0.25) is 0 Å². The lowest BCUT2D eigenvalue weighted by atomic mass is 9.67. The predicted octanol–water partition coefficient (Wildman–Crippen LogP) is 18.1. The van der Waals surface area contributed by atoms with Crippen LogP contribution >= 0.6 is 0 Å². The van der Waals surface area contributed by atoms with Gasteiger partial charge in [0, 0.05) is 56.0 Å². The van der Waals surface area contributed by atoms with Gasteiger partial charge in [-0.25, -0.2) is 0 Å². The zero-order chi connectivity index (χ0) is 51.8. The first kappa shape index (κ1) is 45.4. The van der Waals surface area contributed by atoms with Crippen molar-refractivity contribution in [3.05, 3.63) is 305 Å². The molecule has 0 amide bonds. The Kier molecular flexibility index (Phi) is 10.5. The van der Waals surface area contributed by atoms with Gasteiger partial charge in [0.1, 0.15) is 0 Å². The molecule has 0 radical (unpaired) electrons. The summed E-state index contributed by atoms with van der Waals surface area (Å²) in [6.45, 7) is 4.64. The molecule has 0 bridgehead atoms. The molecule has 2 aliphatic rings. The molecule has 5 nitrogen and oxygen atoms in total. The Bertz CT molecular complexity index is 4330. The summed E-state index contributed by atoms with van der Waals surface area (Å²) in [7, 11) is 0. The van der Waals surface area contributed by atoms with Gasteiger partial charge in [0.05, 0.1) is 39.7 Å². The van der Waals surface area contributed by atoms with Crippen molar-refractivity contribution in [1.29, 1.82) is 10.5 Å². The Morgan fingerprint density at radius 2 is 0.714 bits per heavy atom. The number of hydrogen-bond donors (Lipinski definition) is 0. The molecule has 0 unspecified atom stereocenters. The molecule has 77 heavy (non-hydrogen) atoms. The van der Waals surface area contributed by atoms with Gasteiger partial charge in [0.25, 0.3) is 0 Å². The maximum Gasteiger partial charge on any atom is 0.0991 e. The predicted molar refractivity (Wildman–Crippen MR) is 314 cm³/mol. The number of rotatable bonds is 9. The van der Waals surface area contributed by atoms with Gasteiger partial charge < -0.3 is 14.4 Å². The number of anilines is 6. The van der Waals surface area contributed by atoms with Gasteiger partial charge >= 0.3 is 0 Å². The van der Waals surface area contributed by atoms with Crippen LogP contribution in [-0.2, 0) is 10.8 Å². The lowest BCUT2D eigenvalue weighted by Gasteiger charge is -2.35. The molecule has 0 saturated carbocycles. The number of benzene rings is 11. The van der Waals surface area contributed by atoms with E-state index in [1.165, 1.54) is 55.6 Å². The molecule has 5 heteroatoms. The highest BCUT2D eigenvalue weighted by atomic mass is 15.2. The molecule has 0 fully saturated rings. The average molecular weight is 984 g/mol. The van der Waals surface area contributed by atoms with Crippen molar-refractivity contribution in [1.82, 2.24) is 4.57 Å². The van der Waals surface area contributed by atoms with Crippen LogP contribution in [0.5, 0.6) is 0 Å². The van der Waals surface area contributed by atoms with Gasteiger partial charge in [-0.15, -0.1) is 0 Å². The van der Waals surface area contributed by atoms with Crippen molar-refractivity contribution in [2.75, 3.05) is 9.80 Å². The topological polar surface area (TPSA) is 59.0 Å². The number of hydrogen-bond acceptors (Lipinski definition) is 4. The molecule has 11 aromatic carbocycles. The van der Waals surface area contributed by atoms with E-state index < -0.39 is 5.41 Å². The lowest BCUT2D eigenvalue weighted by molar-refractivity contribution is 0.660. The Balaban J connectivity index is 0.997. The van der Waals surface area contributed by atoms with Crippen molar-refractivity contribution in [2.24, 2.45) is 0 Å². The second-order valence-corrected chi connectivity index (χ2v) is 20.7. The largest absolute Gasteiger partial charge is 0.310 e. The molecule has 0 aliphatic heterocycles. The summed E-state index contributed by atoms with van der Waals surface area (Å²) >= 11 is 0. The van der Waals surface area contributed by atoms with E-state index in [4.69, 9.17) is 0 Å². The monoisotopic (exact) mass is 983 g/mol. The molecule has 2 aliphatic carbocycles. The normalized spacial score (nSPS) is 13.2. The third-order valence-electron chi connectivity index (χ3n) is 16.3. The van der Waals surface area contributed by atoms with E-state index in [2.05, 4.69) is 277 Å². The fourth-order valence-electron chi connectivity index (χ4n) is 12.8. The summed E-state index contributed by atoms with van der Waals surface area (Å²) in [6.07, 6.45) is 0. The van der Waals surface area contributed by atoms with Gasteiger partial charge in [-0.2, -0.15) is 10.5 Å². The second kappa shape index (κ2) is 17.7. The van der Waals surface area contributed by atoms with E-state index >= 15 is 0 Å². The fraction of sp³-hybridized carbons (Fsp3) is 0.0556. The van der Waals surface area contributed by atoms with Crippen LogP contribution in [-0.4, -0.2) is 4.57 Å². The molecular weight excluding hydrogens is 935 g/mol. The Morgan fingerprint density at radius 3 is 1.22 bits per heavy atom. The van der Waals surface area contributed by atoms with Gasteiger partial charge in [0.15, 0.2) is 0 Å². The molecule has 0 spiro atoms. The number of fused-ring (bicyclic) bond motifs is 9. The van der Waals surface area contributed by atoms with E-state index in [0.29, 0.717) is 11.1 Å². The van der Waals surface area contributed by atoms with E-state index in [-0.39, 0.29) is 5.41 Å². The highest BCUT2D eigenvalue weighted by Crippen LogP contribution is 2.58. The van der Waals surface area contributed by atoms with E-state index in [0.717, 1.165) is 61.6 Å². The maximum atomic E-state index is 10.0. The molecule has 14 rings (SSSR count). The van der Waals surface area contributed by atoms with Crippen LogP contribution in [0, 0.1) is 22.7 Å². The zero-order valence-corrected chi connectivity index (χ0v) is 42.6. The van der Waals surface area contributed by atoms with Crippen LogP contribution < -0.4 is 9.80 Å². The summed E-state index contributed by atoms with van der Waals surface area (Å²) in [5.74, 6) is 0. The Morgan fingerprint density at radius 1 is 0.338 bits per heavy atom. The van der Waals surface area contributed by atoms with Gasteiger partial charge in [-0.3, -0.25) is 0 Å². The van der Waals surface area contributed by atoms with Crippen molar-refractivity contribution in [3.63, 3.8) is 0 Å². The van der Waals surface area contributed by atoms with Crippen LogP contribution in [0.15, 0.2) is 261 Å². The first-order valence-corrected chi connectivity index (χ1v) is 26.2. The maximum absolute atomic E-state index is 10.0. The number of nitrogens with zero attached hydrogens (tertiary/aromatic N) is 5. The summed E-state index contributed by atoms with van der Waals surface area (Å²) in [4.78, 5) is 4.67. The quantitative estimate of drug-likeness (QED) is 0.145. The van der Waals surface area contributed by atoms with Gasteiger partial charge in [-0.1, -0.05) is 153 Å².